The zero-order valence-electron chi connectivity index (χ0n) is 12.1. The second kappa shape index (κ2) is 7.24. The lowest BCUT2D eigenvalue weighted by molar-refractivity contribution is 0.181. The fourth-order valence-electron chi connectivity index (χ4n) is 1.90. The molecule has 0 amide bonds. The van der Waals surface area contributed by atoms with E-state index in [4.69, 9.17) is 4.74 Å². The van der Waals surface area contributed by atoms with Gasteiger partial charge in [-0.1, -0.05) is 6.07 Å². The standard InChI is InChI=1S/C15H22FN3O/c1-3-17-15(19-13-5-6-13)18-9-11-4-7-14(16)12(8-11)10-20-2/h4,7-8,13H,3,5-6,9-10H2,1-2H3,(H2,17,18,19). The molecule has 0 aliphatic heterocycles. The van der Waals surface area contributed by atoms with Crippen LogP contribution in [0.25, 0.3) is 0 Å². The predicted octanol–water partition coefficient (Wildman–Crippen LogP) is 2.19. The fourth-order valence-corrected chi connectivity index (χ4v) is 1.90. The molecule has 1 aromatic carbocycles. The van der Waals surface area contributed by atoms with Crippen molar-refractivity contribution >= 4 is 5.96 Å². The number of nitrogens with one attached hydrogen (secondary N) is 2. The van der Waals surface area contributed by atoms with Crippen LogP contribution in [-0.2, 0) is 17.9 Å². The van der Waals surface area contributed by atoms with Crippen LogP contribution in [0.5, 0.6) is 0 Å². The Morgan fingerprint density at radius 3 is 2.90 bits per heavy atom. The van der Waals surface area contributed by atoms with Crippen molar-refractivity contribution in [3.05, 3.63) is 35.1 Å². The minimum atomic E-state index is -0.234. The largest absolute Gasteiger partial charge is 0.380 e. The molecule has 110 valence electrons. The summed E-state index contributed by atoms with van der Waals surface area (Å²) in [4.78, 5) is 4.53. The van der Waals surface area contributed by atoms with Crippen molar-refractivity contribution in [2.24, 2.45) is 4.99 Å². The topological polar surface area (TPSA) is 45.7 Å². The zero-order chi connectivity index (χ0) is 14.4. The smallest absolute Gasteiger partial charge is 0.191 e. The van der Waals surface area contributed by atoms with Gasteiger partial charge in [-0.3, -0.25) is 0 Å². The number of benzene rings is 1. The van der Waals surface area contributed by atoms with Gasteiger partial charge in [-0.2, -0.15) is 0 Å². The van der Waals surface area contributed by atoms with Crippen LogP contribution in [0.1, 0.15) is 30.9 Å². The number of methoxy groups -OCH3 is 1. The Hall–Kier alpha value is -1.62. The van der Waals surface area contributed by atoms with Gasteiger partial charge in [0.15, 0.2) is 5.96 Å². The van der Waals surface area contributed by atoms with Crippen LogP contribution < -0.4 is 10.6 Å². The molecule has 4 nitrogen and oxygen atoms in total. The molecule has 1 aliphatic carbocycles. The van der Waals surface area contributed by atoms with Crippen LogP contribution in [-0.4, -0.2) is 25.7 Å². The Labute approximate surface area is 119 Å². The lowest BCUT2D eigenvalue weighted by atomic mass is 10.1. The molecule has 2 rings (SSSR count). The molecule has 5 heteroatoms. The number of guanidine groups is 1. The normalized spacial score (nSPS) is 15.2. The highest BCUT2D eigenvalue weighted by Crippen LogP contribution is 2.18. The highest BCUT2D eigenvalue weighted by atomic mass is 19.1. The fraction of sp³-hybridized carbons (Fsp3) is 0.533. The number of aliphatic imine (C=N–C) groups is 1. The molecular weight excluding hydrogens is 257 g/mol. The third kappa shape index (κ3) is 4.49. The lowest BCUT2D eigenvalue weighted by Gasteiger charge is -2.10. The Bertz CT molecular complexity index is 472. The van der Waals surface area contributed by atoms with E-state index in [-0.39, 0.29) is 12.4 Å². The van der Waals surface area contributed by atoms with Crippen LogP contribution in [0.15, 0.2) is 23.2 Å². The van der Waals surface area contributed by atoms with E-state index in [0.717, 1.165) is 18.1 Å². The third-order valence-electron chi connectivity index (χ3n) is 3.09. The first-order valence-electron chi connectivity index (χ1n) is 7.04. The maximum Gasteiger partial charge on any atom is 0.191 e. The van der Waals surface area contributed by atoms with Gasteiger partial charge in [-0.15, -0.1) is 0 Å². The summed E-state index contributed by atoms with van der Waals surface area (Å²) in [6.07, 6.45) is 2.41. The quantitative estimate of drug-likeness (QED) is 0.620. The third-order valence-corrected chi connectivity index (χ3v) is 3.09. The molecule has 0 heterocycles. The monoisotopic (exact) mass is 279 g/mol. The Balaban J connectivity index is 2.01. The summed E-state index contributed by atoms with van der Waals surface area (Å²) in [6.45, 7) is 3.68. The van der Waals surface area contributed by atoms with E-state index in [0.29, 0.717) is 18.2 Å². The van der Waals surface area contributed by atoms with Crippen LogP contribution in [0.2, 0.25) is 0 Å². The van der Waals surface area contributed by atoms with Gasteiger partial charge < -0.3 is 15.4 Å². The van der Waals surface area contributed by atoms with Crippen molar-refractivity contribution in [1.29, 1.82) is 0 Å². The molecule has 2 N–H and O–H groups in total. The summed E-state index contributed by atoms with van der Waals surface area (Å²) in [5.74, 6) is 0.593. The number of halogens is 1. The van der Waals surface area contributed by atoms with Crippen molar-refractivity contribution in [3.8, 4) is 0 Å². The van der Waals surface area contributed by atoms with Crippen LogP contribution >= 0.6 is 0 Å². The van der Waals surface area contributed by atoms with Crippen molar-refractivity contribution in [1.82, 2.24) is 10.6 Å². The molecule has 0 unspecified atom stereocenters. The molecule has 1 fully saturated rings. The minimum absolute atomic E-state index is 0.234. The van der Waals surface area contributed by atoms with E-state index < -0.39 is 0 Å². The minimum Gasteiger partial charge on any atom is -0.380 e. The molecular formula is C15H22FN3O. The first-order valence-corrected chi connectivity index (χ1v) is 7.04. The molecule has 1 aromatic rings. The summed E-state index contributed by atoms with van der Waals surface area (Å²) in [5, 5.41) is 6.57. The van der Waals surface area contributed by atoms with E-state index in [1.807, 2.05) is 13.0 Å². The van der Waals surface area contributed by atoms with Gasteiger partial charge in [0.2, 0.25) is 0 Å². The number of ether oxygens (including phenoxy) is 1. The van der Waals surface area contributed by atoms with Gasteiger partial charge in [-0.05, 0) is 37.5 Å². The summed E-state index contributed by atoms with van der Waals surface area (Å²) in [5.41, 5.74) is 1.55. The van der Waals surface area contributed by atoms with E-state index in [1.54, 1.807) is 13.2 Å². The second-order valence-corrected chi connectivity index (χ2v) is 4.97. The van der Waals surface area contributed by atoms with Gasteiger partial charge in [0, 0.05) is 25.3 Å². The van der Waals surface area contributed by atoms with Crippen molar-refractivity contribution in [2.45, 2.75) is 39.0 Å². The van der Waals surface area contributed by atoms with Gasteiger partial charge in [0.25, 0.3) is 0 Å². The summed E-state index contributed by atoms with van der Waals surface area (Å²) in [7, 11) is 1.56. The maximum absolute atomic E-state index is 13.5. The molecule has 20 heavy (non-hydrogen) atoms. The van der Waals surface area contributed by atoms with Gasteiger partial charge in [-0.25, -0.2) is 9.38 Å². The second-order valence-electron chi connectivity index (χ2n) is 4.97. The molecule has 1 aliphatic rings. The molecule has 0 radical (unpaired) electrons. The van der Waals surface area contributed by atoms with Gasteiger partial charge >= 0.3 is 0 Å². The molecule has 0 bridgehead atoms. The number of hydrogen-bond acceptors (Lipinski definition) is 2. The molecule has 0 saturated heterocycles. The zero-order valence-corrected chi connectivity index (χ0v) is 12.1. The number of nitrogens with zero attached hydrogens (tertiary/aromatic N) is 1. The van der Waals surface area contributed by atoms with Crippen molar-refractivity contribution < 1.29 is 9.13 Å². The van der Waals surface area contributed by atoms with E-state index in [9.17, 15) is 4.39 Å². The highest BCUT2D eigenvalue weighted by Gasteiger charge is 2.22. The average Bonchev–Trinajstić information content (AvgIpc) is 3.24. The highest BCUT2D eigenvalue weighted by molar-refractivity contribution is 5.80. The molecule has 0 atom stereocenters. The molecule has 0 spiro atoms. The lowest BCUT2D eigenvalue weighted by Crippen LogP contribution is -2.38. The summed E-state index contributed by atoms with van der Waals surface area (Å²) < 4.78 is 18.5. The Morgan fingerprint density at radius 1 is 1.45 bits per heavy atom. The van der Waals surface area contributed by atoms with E-state index in [2.05, 4.69) is 15.6 Å². The Kier molecular flexibility index (Phi) is 5.35. The molecule has 1 saturated carbocycles. The van der Waals surface area contributed by atoms with Gasteiger partial charge in [0.1, 0.15) is 5.82 Å². The SMILES string of the molecule is CCNC(=NCc1ccc(F)c(COC)c1)NC1CC1. The summed E-state index contributed by atoms with van der Waals surface area (Å²) in [6, 6.07) is 5.60. The van der Waals surface area contributed by atoms with E-state index in [1.165, 1.54) is 18.9 Å². The van der Waals surface area contributed by atoms with E-state index >= 15 is 0 Å². The van der Waals surface area contributed by atoms with Crippen molar-refractivity contribution in [2.75, 3.05) is 13.7 Å². The molecule has 0 aromatic heterocycles. The predicted molar refractivity (Wildman–Crippen MR) is 78.1 cm³/mol. The van der Waals surface area contributed by atoms with Crippen molar-refractivity contribution in [3.63, 3.8) is 0 Å². The number of rotatable bonds is 6. The summed E-state index contributed by atoms with van der Waals surface area (Å²) >= 11 is 0. The van der Waals surface area contributed by atoms with Crippen LogP contribution in [0.4, 0.5) is 4.39 Å². The first-order chi connectivity index (χ1) is 9.72. The average molecular weight is 279 g/mol. The van der Waals surface area contributed by atoms with Crippen LogP contribution in [0.3, 0.4) is 0 Å². The first kappa shape index (κ1) is 14.8. The van der Waals surface area contributed by atoms with Gasteiger partial charge in [0.05, 0.1) is 13.2 Å². The van der Waals surface area contributed by atoms with Crippen LogP contribution in [0, 0.1) is 5.82 Å². The maximum atomic E-state index is 13.5. The Morgan fingerprint density at radius 2 is 2.25 bits per heavy atom. The number of hydrogen-bond donors (Lipinski definition) is 2.